The molecule has 1 heterocycles. The number of halogens is 1. The van der Waals surface area contributed by atoms with Gasteiger partial charge in [0, 0.05) is 17.6 Å². The first kappa shape index (κ1) is 14.1. The molecule has 0 amide bonds. The smallest absolute Gasteiger partial charge is 0.292 e. The molecule has 0 radical (unpaired) electrons. The highest BCUT2D eigenvalue weighted by Gasteiger charge is 2.31. The molecule has 0 spiro atoms. The fourth-order valence-corrected chi connectivity index (χ4v) is 4.06. The van der Waals surface area contributed by atoms with E-state index >= 15 is 0 Å². The first-order valence-electron chi connectivity index (χ1n) is 5.79. The monoisotopic (exact) mass is 304 g/mol. The highest BCUT2D eigenvalue weighted by atomic mass is 35.5. The molecule has 1 aromatic rings. The van der Waals surface area contributed by atoms with E-state index in [1.807, 2.05) is 0 Å². The summed E-state index contributed by atoms with van der Waals surface area (Å²) in [5, 5.41) is 13.6. The third-order valence-electron chi connectivity index (χ3n) is 3.14. The first-order valence-corrected chi connectivity index (χ1v) is 7.89. The van der Waals surface area contributed by atoms with Crippen molar-refractivity contribution >= 4 is 32.8 Å². The van der Waals surface area contributed by atoms with Gasteiger partial charge < -0.3 is 5.32 Å². The van der Waals surface area contributed by atoms with Crippen molar-refractivity contribution in [2.45, 2.75) is 18.1 Å². The molecule has 1 atom stereocenters. The molecule has 19 heavy (non-hydrogen) atoms. The van der Waals surface area contributed by atoms with Crippen molar-refractivity contribution in [2.24, 2.45) is 0 Å². The van der Waals surface area contributed by atoms with Crippen molar-refractivity contribution in [1.82, 2.24) is 0 Å². The summed E-state index contributed by atoms with van der Waals surface area (Å²) in [7, 11) is -3.07. The van der Waals surface area contributed by atoms with Crippen molar-refractivity contribution in [3.8, 4) is 0 Å². The first-order chi connectivity index (χ1) is 8.90. The molecule has 1 saturated heterocycles. The van der Waals surface area contributed by atoms with Gasteiger partial charge in [0.2, 0.25) is 0 Å². The molecule has 1 unspecified atom stereocenters. The maximum absolute atomic E-state index is 11.7. The molecule has 0 aliphatic carbocycles. The Morgan fingerprint density at radius 3 is 2.79 bits per heavy atom. The van der Waals surface area contributed by atoms with Gasteiger partial charge in [-0.2, -0.15) is 0 Å². The topological polar surface area (TPSA) is 89.3 Å². The van der Waals surface area contributed by atoms with Gasteiger partial charge in [-0.3, -0.25) is 10.1 Å². The van der Waals surface area contributed by atoms with Crippen LogP contribution in [-0.4, -0.2) is 30.9 Å². The minimum Gasteiger partial charge on any atom is -0.378 e. The van der Waals surface area contributed by atoms with Gasteiger partial charge in [0.05, 0.1) is 15.9 Å². The van der Waals surface area contributed by atoms with Crippen LogP contribution < -0.4 is 5.32 Å². The summed E-state index contributed by atoms with van der Waals surface area (Å²) in [6.45, 7) is 0.170. The Kier molecular flexibility index (Phi) is 3.96. The number of rotatable bonds is 4. The van der Waals surface area contributed by atoms with Crippen LogP contribution in [0.5, 0.6) is 0 Å². The largest absolute Gasteiger partial charge is 0.378 e. The highest BCUT2D eigenvalue weighted by Crippen LogP contribution is 2.28. The third kappa shape index (κ3) is 3.16. The number of anilines is 1. The van der Waals surface area contributed by atoms with Gasteiger partial charge in [0.25, 0.3) is 5.69 Å². The summed E-state index contributed by atoms with van der Waals surface area (Å²) < 4.78 is 23.3. The molecule has 2 rings (SSSR count). The average molecular weight is 305 g/mol. The van der Waals surface area contributed by atoms with Crippen molar-refractivity contribution in [1.29, 1.82) is 0 Å². The van der Waals surface area contributed by atoms with Gasteiger partial charge in [-0.25, -0.2) is 8.42 Å². The summed E-state index contributed by atoms with van der Waals surface area (Å²) >= 11 is 5.79. The van der Waals surface area contributed by atoms with E-state index in [-0.39, 0.29) is 23.7 Å². The zero-order chi connectivity index (χ0) is 14.0. The van der Waals surface area contributed by atoms with Crippen molar-refractivity contribution < 1.29 is 13.3 Å². The van der Waals surface area contributed by atoms with Crippen LogP contribution in [0.1, 0.15) is 12.8 Å². The molecular weight excluding hydrogens is 292 g/mol. The number of sulfone groups is 1. The molecule has 1 aliphatic rings. The van der Waals surface area contributed by atoms with E-state index < -0.39 is 20.0 Å². The van der Waals surface area contributed by atoms with E-state index in [9.17, 15) is 18.5 Å². The number of nitrogens with zero attached hydrogens (tertiary/aromatic N) is 1. The Morgan fingerprint density at radius 2 is 2.21 bits per heavy atom. The summed E-state index contributed by atoms with van der Waals surface area (Å²) in [5.74, 6) is 0.191. The van der Waals surface area contributed by atoms with Crippen LogP contribution in [0.2, 0.25) is 5.02 Å². The second-order valence-corrected chi connectivity index (χ2v) is 7.27. The van der Waals surface area contributed by atoms with E-state index in [4.69, 9.17) is 11.6 Å². The average Bonchev–Trinajstić information content (AvgIpc) is 2.65. The molecule has 6 nitrogen and oxygen atoms in total. The molecule has 1 fully saturated rings. The predicted molar refractivity (Wildman–Crippen MR) is 73.4 cm³/mol. The van der Waals surface area contributed by atoms with Crippen LogP contribution in [0, 0.1) is 10.1 Å². The minimum atomic E-state index is -3.07. The third-order valence-corrected chi connectivity index (χ3v) is 5.65. The van der Waals surface area contributed by atoms with E-state index in [1.54, 1.807) is 0 Å². The normalized spacial score (nSPS) is 21.2. The summed E-state index contributed by atoms with van der Waals surface area (Å²) in [6.07, 6.45) is 1.23. The van der Waals surface area contributed by atoms with Gasteiger partial charge >= 0.3 is 0 Å². The molecule has 0 bridgehead atoms. The lowest BCUT2D eigenvalue weighted by Gasteiger charge is -2.12. The molecule has 1 N–H and O–H groups in total. The Bertz CT molecular complexity index is 603. The Morgan fingerprint density at radius 1 is 1.47 bits per heavy atom. The van der Waals surface area contributed by atoms with E-state index in [1.165, 1.54) is 18.2 Å². The van der Waals surface area contributed by atoms with Gasteiger partial charge in [0.15, 0.2) is 9.84 Å². The van der Waals surface area contributed by atoms with E-state index in [0.29, 0.717) is 17.9 Å². The summed E-state index contributed by atoms with van der Waals surface area (Å²) in [4.78, 5) is 10.3. The Balaban J connectivity index is 2.15. The quantitative estimate of drug-likeness (QED) is 0.680. The number of benzene rings is 1. The van der Waals surface area contributed by atoms with Crippen LogP contribution in [0.15, 0.2) is 18.2 Å². The fraction of sp³-hybridized carbons (Fsp3) is 0.455. The maximum atomic E-state index is 11.7. The number of nitro benzene ring substituents is 1. The number of hydrogen-bond donors (Lipinski definition) is 1. The SMILES string of the molecule is O=[N+]([O-])c1ccc(Cl)cc1NCC1CCCS1(=O)=O. The molecular formula is C11H13ClN2O4S. The molecule has 1 aromatic carbocycles. The van der Waals surface area contributed by atoms with Crippen LogP contribution in [-0.2, 0) is 9.84 Å². The van der Waals surface area contributed by atoms with Crippen molar-refractivity contribution in [3.63, 3.8) is 0 Å². The zero-order valence-corrected chi connectivity index (χ0v) is 11.6. The highest BCUT2D eigenvalue weighted by molar-refractivity contribution is 7.92. The number of nitro groups is 1. The molecule has 8 heteroatoms. The second-order valence-electron chi connectivity index (χ2n) is 4.43. The van der Waals surface area contributed by atoms with E-state index in [2.05, 4.69) is 5.32 Å². The Labute approximate surface area is 115 Å². The molecule has 104 valence electrons. The second kappa shape index (κ2) is 5.34. The van der Waals surface area contributed by atoms with Gasteiger partial charge in [-0.1, -0.05) is 11.6 Å². The summed E-state index contributed by atoms with van der Waals surface area (Å²) in [5.41, 5.74) is 0.138. The van der Waals surface area contributed by atoms with Gasteiger partial charge in [-0.15, -0.1) is 0 Å². The maximum Gasteiger partial charge on any atom is 0.292 e. The molecule has 0 aromatic heterocycles. The lowest BCUT2D eigenvalue weighted by Crippen LogP contribution is -2.25. The minimum absolute atomic E-state index is 0.111. The standard InChI is InChI=1S/C11H13ClN2O4S/c12-8-3-4-11(14(15)16)10(6-8)13-7-9-2-1-5-19(9,17)18/h3-4,6,9,13H,1-2,5,7H2. The van der Waals surface area contributed by atoms with Crippen molar-refractivity contribution in [2.75, 3.05) is 17.6 Å². The van der Waals surface area contributed by atoms with Crippen molar-refractivity contribution in [3.05, 3.63) is 33.3 Å². The molecule has 0 saturated carbocycles. The number of hydrogen-bond acceptors (Lipinski definition) is 5. The van der Waals surface area contributed by atoms with Crippen LogP contribution in [0.4, 0.5) is 11.4 Å². The van der Waals surface area contributed by atoms with Gasteiger partial charge in [-0.05, 0) is 25.0 Å². The predicted octanol–water partition coefficient (Wildman–Crippen LogP) is 2.24. The Hall–Kier alpha value is -1.34. The zero-order valence-electron chi connectivity index (χ0n) is 10.0. The van der Waals surface area contributed by atoms with Crippen LogP contribution >= 0.6 is 11.6 Å². The van der Waals surface area contributed by atoms with Crippen LogP contribution in [0.25, 0.3) is 0 Å². The van der Waals surface area contributed by atoms with E-state index in [0.717, 1.165) is 0 Å². The van der Waals surface area contributed by atoms with Gasteiger partial charge in [0.1, 0.15) is 5.69 Å². The lowest BCUT2D eigenvalue weighted by atomic mass is 10.2. The fourth-order valence-electron chi connectivity index (χ4n) is 2.12. The van der Waals surface area contributed by atoms with Crippen LogP contribution in [0.3, 0.4) is 0 Å². The lowest BCUT2D eigenvalue weighted by molar-refractivity contribution is -0.384. The summed E-state index contributed by atoms with van der Waals surface area (Å²) in [6, 6.07) is 4.16. The molecule has 1 aliphatic heterocycles. The number of nitrogens with one attached hydrogen (secondary N) is 1.